The second-order valence-electron chi connectivity index (χ2n) is 11.4. The smallest absolute Gasteiger partial charge is 0.195 e. The van der Waals surface area contributed by atoms with Gasteiger partial charge in [-0.3, -0.25) is 9.59 Å². The highest BCUT2D eigenvalue weighted by Gasteiger charge is 2.58. The van der Waals surface area contributed by atoms with Crippen LogP contribution in [-0.2, 0) is 10.3 Å². The molecule has 0 spiro atoms. The minimum atomic E-state index is -1.84. The summed E-state index contributed by atoms with van der Waals surface area (Å²) >= 11 is 13.3. The highest BCUT2D eigenvalue weighted by Crippen LogP contribution is 2.57. The molecule has 4 rings (SSSR count). The third-order valence-corrected chi connectivity index (χ3v) is 9.60. The van der Waals surface area contributed by atoms with Gasteiger partial charge in [-0.25, -0.2) is 0 Å². The molecule has 9 heteroatoms. The molecule has 0 bridgehead atoms. The maximum Gasteiger partial charge on any atom is 0.195 e. The first-order chi connectivity index (χ1) is 15.5. The lowest BCUT2D eigenvalue weighted by atomic mass is 9.57. The molecule has 3 aliphatic rings. The van der Waals surface area contributed by atoms with Gasteiger partial charge < -0.3 is 14.9 Å². The van der Waals surface area contributed by atoms with E-state index >= 15 is 0 Å². The molecule has 1 fully saturated rings. The minimum Gasteiger partial charge on any atom is -0.487 e. The Morgan fingerprint density at radius 1 is 1.18 bits per heavy atom. The zero-order valence-electron chi connectivity index (χ0n) is 20.4. The van der Waals surface area contributed by atoms with Crippen molar-refractivity contribution >= 4 is 34.8 Å². The molecule has 2 heterocycles. The van der Waals surface area contributed by atoms with Gasteiger partial charge in [0, 0.05) is 23.4 Å². The number of carbonyl (C=O) groups excluding carboxylic acids is 2. The first kappa shape index (κ1) is 25.5. The lowest BCUT2D eigenvalue weighted by Gasteiger charge is -2.54. The molecule has 1 aliphatic heterocycles. The van der Waals surface area contributed by atoms with Crippen LogP contribution in [-0.4, -0.2) is 53.9 Å². The number of nitrogens with zero attached hydrogens (tertiary/aromatic N) is 2. The van der Waals surface area contributed by atoms with Gasteiger partial charge in [-0.05, 0) is 57.8 Å². The van der Waals surface area contributed by atoms with E-state index in [0.717, 1.165) is 0 Å². The zero-order valence-corrected chi connectivity index (χ0v) is 21.9. The molecule has 0 unspecified atom stereocenters. The number of halogens is 2. The highest BCUT2D eigenvalue weighted by molar-refractivity contribution is 6.23. The van der Waals surface area contributed by atoms with Gasteiger partial charge in [0.1, 0.15) is 22.7 Å². The summed E-state index contributed by atoms with van der Waals surface area (Å²) in [5.74, 6) is -1.24. The Hall–Kier alpha value is -1.54. The normalized spacial score (nSPS) is 36.4. The lowest BCUT2D eigenvalue weighted by molar-refractivity contribution is -0.136. The zero-order chi connectivity index (χ0) is 25.4. The molecule has 0 amide bonds. The average molecular weight is 511 g/mol. The van der Waals surface area contributed by atoms with E-state index in [2.05, 4.69) is 10.2 Å². The van der Waals surface area contributed by atoms with E-state index in [0.29, 0.717) is 12.8 Å². The van der Waals surface area contributed by atoms with Crippen molar-refractivity contribution in [3.63, 3.8) is 0 Å². The van der Waals surface area contributed by atoms with Crippen LogP contribution in [0.2, 0.25) is 0 Å². The van der Waals surface area contributed by atoms with Gasteiger partial charge in [0.15, 0.2) is 11.6 Å². The monoisotopic (exact) mass is 510 g/mol. The number of fused-ring (bicyclic) bond motifs is 1. The molecule has 1 aromatic rings. The van der Waals surface area contributed by atoms with E-state index in [9.17, 15) is 19.8 Å². The number of Topliss-reactive ketones (excluding diaryl/α,β-unsaturated/α-hetero) is 2. The second-order valence-corrected chi connectivity index (χ2v) is 12.4. The number of carbonyl (C=O) groups is 2. The Kier molecular flexibility index (Phi) is 6.00. The molecule has 34 heavy (non-hydrogen) atoms. The second kappa shape index (κ2) is 7.99. The molecule has 7 nitrogen and oxygen atoms in total. The fourth-order valence-corrected chi connectivity index (χ4v) is 6.31. The van der Waals surface area contributed by atoms with Crippen LogP contribution in [0.3, 0.4) is 0 Å². The largest absolute Gasteiger partial charge is 0.487 e. The van der Waals surface area contributed by atoms with Gasteiger partial charge in [-0.1, -0.05) is 13.8 Å². The average Bonchev–Trinajstić information content (AvgIpc) is 2.74. The molecule has 1 saturated carbocycles. The number of aliphatic hydroxyl groups is 2. The molecule has 5 atom stereocenters. The maximum atomic E-state index is 13.6. The Labute approximate surface area is 209 Å². The number of ether oxygens (including phenoxy) is 1. The Morgan fingerprint density at radius 3 is 2.44 bits per heavy atom. The van der Waals surface area contributed by atoms with E-state index in [-0.39, 0.29) is 46.4 Å². The van der Waals surface area contributed by atoms with Gasteiger partial charge in [0.25, 0.3) is 0 Å². The molecular weight excluding hydrogens is 479 g/mol. The molecule has 0 radical (unpaired) electrons. The Balaban J connectivity index is 1.97. The number of aromatic nitrogens is 2. The number of allylic oxidation sites excluding steroid dienone is 1. The SMILES string of the molecule is CC(=O)c1nncc2c1C(=O)C1=C(OC(C)(C)[C@H](Cl)C1)[C@]2(O)C[C@H]1C(C)(C)[C@@H](Cl)CC[C@]1(C)O. The third kappa shape index (κ3) is 3.71. The van der Waals surface area contributed by atoms with E-state index in [1.807, 2.05) is 13.8 Å². The summed E-state index contributed by atoms with van der Waals surface area (Å²) in [5, 5.41) is 31.0. The quantitative estimate of drug-likeness (QED) is 0.460. The summed E-state index contributed by atoms with van der Waals surface area (Å²) in [6, 6.07) is 0. The van der Waals surface area contributed by atoms with E-state index in [1.165, 1.54) is 13.1 Å². The van der Waals surface area contributed by atoms with Crippen LogP contribution >= 0.6 is 23.2 Å². The summed E-state index contributed by atoms with van der Waals surface area (Å²) < 4.78 is 6.27. The number of rotatable bonds is 3. The van der Waals surface area contributed by atoms with Crippen LogP contribution in [0.25, 0.3) is 0 Å². The van der Waals surface area contributed by atoms with Crippen LogP contribution in [0.15, 0.2) is 17.5 Å². The molecule has 2 N–H and O–H groups in total. The van der Waals surface area contributed by atoms with Gasteiger partial charge >= 0.3 is 0 Å². The summed E-state index contributed by atoms with van der Waals surface area (Å²) in [7, 11) is 0. The number of hydrogen-bond donors (Lipinski definition) is 2. The first-order valence-corrected chi connectivity index (χ1v) is 12.5. The van der Waals surface area contributed by atoms with Crippen LogP contribution in [0.1, 0.15) is 93.6 Å². The van der Waals surface area contributed by atoms with Gasteiger partial charge in [0.05, 0.1) is 22.7 Å². The summed E-state index contributed by atoms with van der Waals surface area (Å²) in [4.78, 5) is 26.0. The highest BCUT2D eigenvalue weighted by atomic mass is 35.5. The van der Waals surface area contributed by atoms with Crippen LogP contribution in [0.5, 0.6) is 0 Å². The standard InChI is InChI=1S/C25H32Cl2N2O5/c1-12(30)19-18-14(11-28-29-19)25(33,10-15-22(2,3)16(26)7-8-24(15,6)32)21-13(20(18)31)9-17(27)23(4,5)34-21/h11,15-17,32-33H,7-10H2,1-6H3/t15-,16-,17+,24-,25-/m0/s1. The van der Waals surface area contributed by atoms with Crippen molar-refractivity contribution in [2.45, 2.75) is 94.8 Å². The Bertz CT molecular complexity index is 1100. The minimum absolute atomic E-state index is 0.0153. The van der Waals surface area contributed by atoms with Crippen LogP contribution < -0.4 is 0 Å². The van der Waals surface area contributed by atoms with Crippen molar-refractivity contribution in [3.05, 3.63) is 34.3 Å². The predicted molar refractivity (Wildman–Crippen MR) is 128 cm³/mol. The van der Waals surface area contributed by atoms with E-state index in [4.69, 9.17) is 27.9 Å². The number of ketones is 2. The Morgan fingerprint density at radius 2 is 1.82 bits per heavy atom. The molecular formula is C25H32Cl2N2O5. The molecule has 0 aromatic carbocycles. The van der Waals surface area contributed by atoms with Gasteiger partial charge in [-0.15, -0.1) is 28.3 Å². The van der Waals surface area contributed by atoms with Crippen molar-refractivity contribution in [3.8, 4) is 0 Å². The predicted octanol–water partition coefficient (Wildman–Crippen LogP) is 4.31. The van der Waals surface area contributed by atoms with Gasteiger partial charge in [-0.2, -0.15) is 5.10 Å². The molecule has 0 saturated heterocycles. The van der Waals surface area contributed by atoms with E-state index in [1.54, 1.807) is 20.8 Å². The van der Waals surface area contributed by atoms with Crippen molar-refractivity contribution in [1.29, 1.82) is 0 Å². The maximum absolute atomic E-state index is 13.6. The summed E-state index contributed by atoms with van der Waals surface area (Å²) in [6.07, 6.45) is 2.59. The fraction of sp³-hybridized carbons (Fsp3) is 0.680. The molecule has 186 valence electrons. The topological polar surface area (TPSA) is 110 Å². The lowest BCUT2D eigenvalue weighted by Crippen LogP contribution is -2.56. The van der Waals surface area contributed by atoms with Crippen molar-refractivity contribution in [1.82, 2.24) is 10.2 Å². The van der Waals surface area contributed by atoms with Gasteiger partial charge in [0.2, 0.25) is 0 Å². The van der Waals surface area contributed by atoms with E-state index < -0.39 is 45.1 Å². The first-order valence-electron chi connectivity index (χ1n) is 11.6. The van der Waals surface area contributed by atoms with Crippen molar-refractivity contribution in [2.24, 2.45) is 11.3 Å². The van der Waals surface area contributed by atoms with Crippen LogP contribution in [0.4, 0.5) is 0 Å². The van der Waals surface area contributed by atoms with Crippen molar-refractivity contribution < 1.29 is 24.5 Å². The summed E-state index contributed by atoms with van der Waals surface area (Å²) in [5.41, 5.74) is -4.09. The number of alkyl halides is 2. The number of hydrogen-bond acceptors (Lipinski definition) is 7. The van der Waals surface area contributed by atoms with Crippen molar-refractivity contribution in [2.75, 3.05) is 0 Å². The summed E-state index contributed by atoms with van der Waals surface area (Å²) in [6.45, 7) is 10.6. The van der Waals surface area contributed by atoms with Crippen LogP contribution in [0, 0.1) is 11.3 Å². The molecule has 2 aliphatic carbocycles. The third-order valence-electron chi connectivity index (χ3n) is 8.14. The fourth-order valence-electron chi connectivity index (χ4n) is 5.85. The molecule has 1 aromatic heterocycles.